The highest BCUT2D eigenvalue weighted by molar-refractivity contribution is 5.88. The maximum absolute atomic E-state index is 5.67. The van der Waals surface area contributed by atoms with Gasteiger partial charge in [0, 0.05) is 13.1 Å². The minimum Gasteiger partial charge on any atom is -0.486 e. The normalized spacial score (nSPS) is 12.7. The maximum Gasteiger partial charge on any atom is 0.168 e. The first-order chi connectivity index (χ1) is 28.3. The number of hydrogen-bond donors (Lipinski definition) is 2. The van der Waals surface area contributed by atoms with Crippen molar-refractivity contribution in [3.63, 3.8) is 0 Å². The third-order valence-corrected chi connectivity index (χ3v) is 9.77. The standard InChI is InChI=1S/2C22H21N5O2.ClH/c2*1-14-7-15(2)9-17(8-14)27-22-18(12-26-27)21(24-13-25-22)23-11-16-3-4-19-20(10-16)29-6-5-28-19;/h2*3-4,7-10,12-13H,5-6,11H2,1-2H3,(H,23,24,25);1H. The molecule has 59 heavy (non-hydrogen) atoms. The monoisotopic (exact) mass is 810 g/mol. The summed E-state index contributed by atoms with van der Waals surface area (Å²) < 4.78 is 26.2. The lowest BCUT2D eigenvalue weighted by Gasteiger charge is -2.19. The zero-order chi connectivity index (χ0) is 39.6. The highest BCUT2D eigenvalue weighted by Gasteiger charge is 2.16. The molecular formula is C44H43ClN10O4. The number of hydrogen-bond acceptors (Lipinski definition) is 12. The molecule has 6 heterocycles. The summed E-state index contributed by atoms with van der Waals surface area (Å²) in [5, 5.41) is 17.7. The van der Waals surface area contributed by atoms with Crippen LogP contribution < -0.4 is 29.6 Å². The summed E-state index contributed by atoms with van der Waals surface area (Å²) in [4.78, 5) is 17.8. The molecule has 8 aromatic rings. The van der Waals surface area contributed by atoms with Crippen LogP contribution in [0.25, 0.3) is 33.4 Å². The minimum atomic E-state index is 0. The molecule has 4 aromatic carbocycles. The van der Waals surface area contributed by atoms with Gasteiger partial charge in [-0.15, -0.1) is 12.4 Å². The Morgan fingerprint density at radius 1 is 0.492 bits per heavy atom. The van der Waals surface area contributed by atoms with Crippen molar-refractivity contribution in [2.24, 2.45) is 0 Å². The number of nitrogens with one attached hydrogen (secondary N) is 2. The Labute approximate surface area is 347 Å². The van der Waals surface area contributed by atoms with Crippen LogP contribution >= 0.6 is 12.4 Å². The topological polar surface area (TPSA) is 148 Å². The molecule has 0 unspecified atom stereocenters. The molecule has 0 spiro atoms. The van der Waals surface area contributed by atoms with E-state index in [0.717, 1.165) is 79.2 Å². The molecule has 10 rings (SSSR count). The molecule has 0 saturated carbocycles. The Morgan fingerprint density at radius 2 is 0.881 bits per heavy atom. The predicted molar refractivity (Wildman–Crippen MR) is 229 cm³/mol. The second-order valence-electron chi connectivity index (χ2n) is 14.4. The van der Waals surface area contributed by atoms with E-state index >= 15 is 0 Å². The largest absolute Gasteiger partial charge is 0.486 e. The SMILES string of the molecule is Cc1cc(C)cc(-n2ncc3c(NCc4ccc5c(c4)OCCO5)ncnc32)c1.Cc1cc(C)cc(-n2ncc3c(NCc4ccc5c(c4)OCCO5)ncnc32)c1.Cl. The maximum atomic E-state index is 5.67. The van der Waals surface area contributed by atoms with Crippen molar-refractivity contribution in [2.75, 3.05) is 37.1 Å². The van der Waals surface area contributed by atoms with Gasteiger partial charge in [0.1, 0.15) is 50.7 Å². The number of anilines is 2. The van der Waals surface area contributed by atoms with Gasteiger partial charge in [0.05, 0.1) is 34.5 Å². The van der Waals surface area contributed by atoms with E-state index < -0.39 is 0 Å². The van der Waals surface area contributed by atoms with E-state index in [0.29, 0.717) is 39.5 Å². The van der Waals surface area contributed by atoms with Gasteiger partial charge in [-0.05, 0) is 110 Å². The van der Waals surface area contributed by atoms with Gasteiger partial charge in [0.25, 0.3) is 0 Å². The second-order valence-corrected chi connectivity index (χ2v) is 14.4. The highest BCUT2D eigenvalue weighted by Crippen LogP contribution is 2.33. The fourth-order valence-corrected chi connectivity index (χ4v) is 7.26. The number of fused-ring (bicyclic) bond motifs is 4. The first-order valence-corrected chi connectivity index (χ1v) is 19.1. The lowest BCUT2D eigenvalue weighted by atomic mass is 10.1. The molecule has 0 aliphatic carbocycles. The van der Waals surface area contributed by atoms with E-state index in [1.165, 1.54) is 22.3 Å². The summed E-state index contributed by atoms with van der Waals surface area (Å²) in [7, 11) is 0. The summed E-state index contributed by atoms with van der Waals surface area (Å²) >= 11 is 0. The summed E-state index contributed by atoms with van der Waals surface area (Å²) in [5.41, 5.74) is 10.5. The summed E-state index contributed by atoms with van der Waals surface area (Å²) in [5.74, 6) is 4.65. The molecule has 2 N–H and O–H groups in total. The smallest absolute Gasteiger partial charge is 0.168 e. The van der Waals surface area contributed by atoms with Crippen LogP contribution in [0.1, 0.15) is 33.4 Å². The quantitative estimate of drug-likeness (QED) is 0.153. The first-order valence-electron chi connectivity index (χ1n) is 19.1. The predicted octanol–water partition coefficient (Wildman–Crippen LogP) is 8.05. The van der Waals surface area contributed by atoms with Crippen molar-refractivity contribution in [3.05, 3.63) is 131 Å². The van der Waals surface area contributed by atoms with Crippen LogP contribution in [-0.2, 0) is 13.1 Å². The highest BCUT2D eigenvalue weighted by atomic mass is 35.5. The van der Waals surface area contributed by atoms with E-state index in [-0.39, 0.29) is 12.4 Å². The van der Waals surface area contributed by atoms with Crippen LogP contribution in [0.5, 0.6) is 23.0 Å². The Bertz CT molecular complexity index is 2560. The van der Waals surface area contributed by atoms with Gasteiger partial charge >= 0.3 is 0 Å². The minimum absolute atomic E-state index is 0. The van der Waals surface area contributed by atoms with Crippen LogP contribution in [0.2, 0.25) is 0 Å². The summed E-state index contributed by atoms with van der Waals surface area (Å²) in [6.07, 6.45) is 6.74. The number of benzene rings is 4. The number of aryl methyl sites for hydroxylation is 4. The fraction of sp³-hybridized carbons (Fsp3) is 0.227. The molecule has 4 aromatic heterocycles. The van der Waals surface area contributed by atoms with Gasteiger partial charge in [-0.2, -0.15) is 10.2 Å². The molecule has 300 valence electrons. The fourth-order valence-electron chi connectivity index (χ4n) is 7.26. The molecule has 0 saturated heterocycles. The zero-order valence-electron chi connectivity index (χ0n) is 33.1. The lowest BCUT2D eigenvalue weighted by molar-refractivity contribution is 0.171. The van der Waals surface area contributed by atoms with Gasteiger partial charge in [-0.3, -0.25) is 0 Å². The van der Waals surface area contributed by atoms with Crippen LogP contribution in [0.3, 0.4) is 0 Å². The second kappa shape index (κ2) is 16.9. The van der Waals surface area contributed by atoms with Gasteiger partial charge in [0.15, 0.2) is 34.3 Å². The van der Waals surface area contributed by atoms with Gasteiger partial charge in [-0.1, -0.05) is 24.3 Å². The molecule has 2 aliphatic heterocycles. The Hall–Kier alpha value is -6.93. The van der Waals surface area contributed by atoms with Crippen LogP contribution in [0, 0.1) is 27.7 Å². The van der Waals surface area contributed by atoms with E-state index in [2.05, 4.69) is 105 Å². The van der Waals surface area contributed by atoms with Crippen molar-refractivity contribution >= 4 is 46.1 Å². The van der Waals surface area contributed by atoms with E-state index in [1.807, 2.05) is 45.8 Å². The molecule has 2 aliphatic rings. The van der Waals surface area contributed by atoms with Crippen LogP contribution in [0.4, 0.5) is 11.6 Å². The molecule has 14 nitrogen and oxygen atoms in total. The van der Waals surface area contributed by atoms with E-state index in [4.69, 9.17) is 18.9 Å². The number of halogens is 1. The number of ether oxygens (including phenoxy) is 4. The van der Waals surface area contributed by atoms with Crippen molar-refractivity contribution in [2.45, 2.75) is 40.8 Å². The van der Waals surface area contributed by atoms with Crippen LogP contribution in [0.15, 0.2) is 97.8 Å². The van der Waals surface area contributed by atoms with Gasteiger partial charge < -0.3 is 29.6 Å². The third kappa shape index (κ3) is 8.39. The van der Waals surface area contributed by atoms with E-state index in [9.17, 15) is 0 Å². The van der Waals surface area contributed by atoms with Gasteiger partial charge in [0.2, 0.25) is 0 Å². The van der Waals surface area contributed by atoms with Crippen molar-refractivity contribution in [3.8, 4) is 34.4 Å². The molecule has 0 atom stereocenters. The zero-order valence-corrected chi connectivity index (χ0v) is 33.9. The average molecular weight is 811 g/mol. The third-order valence-electron chi connectivity index (χ3n) is 9.77. The summed E-state index contributed by atoms with van der Waals surface area (Å²) in [6, 6.07) is 24.6. The lowest BCUT2D eigenvalue weighted by Crippen LogP contribution is -2.15. The Balaban J connectivity index is 0.000000161. The number of nitrogens with zero attached hydrogens (tertiary/aromatic N) is 8. The van der Waals surface area contributed by atoms with E-state index in [1.54, 1.807) is 25.0 Å². The molecule has 0 fully saturated rings. The van der Waals surface area contributed by atoms with Gasteiger partial charge in [-0.25, -0.2) is 29.3 Å². The van der Waals surface area contributed by atoms with Crippen molar-refractivity contribution in [1.29, 1.82) is 0 Å². The first kappa shape index (κ1) is 38.9. The summed E-state index contributed by atoms with van der Waals surface area (Å²) in [6.45, 7) is 11.9. The Morgan fingerprint density at radius 3 is 1.29 bits per heavy atom. The van der Waals surface area contributed by atoms with Crippen molar-refractivity contribution < 1.29 is 18.9 Å². The van der Waals surface area contributed by atoms with Crippen molar-refractivity contribution in [1.82, 2.24) is 39.5 Å². The van der Waals surface area contributed by atoms with Crippen LogP contribution in [-0.4, -0.2) is 65.9 Å². The molecule has 0 radical (unpaired) electrons. The number of rotatable bonds is 8. The number of aromatic nitrogens is 8. The average Bonchev–Trinajstić information content (AvgIpc) is 3.88. The molecular weight excluding hydrogens is 768 g/mol. The Kier molecular flexibility index (Phi) is 11.1. The molecule has 0 bridgehead atoms. The molecule has 0 amide bonds. The molecule has 15 heteroatoms.